The van der Waals surface area contributed by atoms with Crippen LogP contribution < -0.4 is 0 Å². The third-order valence-electron chi connectivity index (χ3n) is 2.35. The van der Waals surface area contributed by atoms with Crippen molar-refractivity contribution in [1.29, 1.82) is 0 Å². The lowest BCUT2D eigenvalue weighted by Crippen LogP contribution is -1.99. The summed E-state index contributed by atoms with van der Waals surface area (Å²) in [7, 11) is 1.66. The van der Waals surface area contributed by atoms with E-state index < -0.39 is 0 Å². The minimum atomic E-state index is 0.513. The largest absolute Gasteiger partial charge is 0.378 e. The van der Waals surface area contributed by atoms with Gasteiger partial charge in [0, 0.05) is 22.2 Å². The molecule has 0 fully saturated rings. The zero-order chi connectivity index (χ0) is 13.7. The van der Waals surface area contributed by atoms with Gasteiger partial charge < -0.3 is 9.72 Å². The fourth-order valence-electron chi connectivity index (χ4n) is 1.57. The van der Waals surface area contributed by atoms with Gasteiger partial charge in [0.05, 0.1) is 12.4 Å². The number of methoxy groups -OCH3 is 1. The summed E-state index contributed by atoms with van der Waals surface area (Å²) in [6, 6.07) is 9.94. The predicted molar refractivity (Wildman–Crippen MR) is 83.8 cm³/mol. The molecule has 2 aromatic rings. The smallest absolute Gasteiger partial charge is 0.130 e. The van der Waals surface area contributed by atoms with Gasteiger partial charge in [-0.25, -0.2) is 4.98 Å². The Morgan fingerprint density at radius 2 is 2.21 bits per heavy atom. The van der Waals surface area contributed by atoms with Crippen molar-refractivity contribution in [2.24, 2.45) is 0 Å². The van der Waals surface area contributed by atoms with Gasteiger partial charge in [0.25, 0.3) is 0 Å². The molecule has 0 spiro atoms. The third-order valence-corrected chi connectivity index (χ3v) is 4.60. The molecular weight excluding hydrogens is 344 g/mol. The maximum Gasteiger partial charge on any atom is 0.130 e. The number of hydrogen-bond donors (Lipinski definition) is 1. The molecule has 0 saturated carbocycles. The summed E-state index contributed by atoms with van der Waals surface area (Å²) in [4.78, 5) is 8.75. The maximum absolute atomic E-state index is 5.15. The molecule has 0 amide bonds. The van der Waals surface area contributed by atoms with Crippen LogP contribution >= 0.6 is 39.9 Å². The Labute approximate surface area is 129 Å². The number of aromatic nitrogens is 2. The van der Waals surface area contributed by atoms with E-state index in [9.17, 15) is 0 Å². The van der Waals surface area contributed by atoms with E-state index in [2.05, 4.69) is 32.0 Å². The number of ether oxygens (including phenoxy) is 1. The van der Waals surface area contributed by atoms with Crippen molar-refractivity contribution < 1.29 is 4.74 Å². The number of benzene rings is 1. The number of H-pyrrole nitrogens is 1. The second kappa shape index (κ2) is 7.19. The van der Waals surface area contributed by atoms with Crippen molar-refractivity contribution in [3.05, 3.63) is 51.0 Å². The van der Waals surface area contributed by atoms with Crippen molar-refractivity contribution in [3.63, 3.8) is 0 Å². The fourth-order valence-corrected chi connectivity index (χ4v) is 3.26. The molecule has 19 heavy (non-hydrogen) atoms. The van der Waals surface area contributed by atoms with Crippen LogP contribution in [0, 0.1) is 4.64 Å². The highest BCUT2D eigenvalue weighted by Gasteiger charge is 2.03. The van der Waals surface area contributed by atoms with Crippen molar-refractivity contribution in [2.45, 2.75) is 17.3 Å². The first kappa shape index (κ1) is 14.7. The van der Waals surface area contributed by atoms with Gasteiger partial charge in [-0.2, -0.15) is 0 Å². The minimum Gasteiger partial charge on any atom is -0.378 e. The van der Waals surface area contributed by atoms with Gasteiger partial charge in [0.2, 0.25) is 0 Å². The molecule has 0 saturated heterocycles. The molecular formula is C13H13BrN2OS2. The van der Waals surface area contributed by atoms with Crippen molar-refractivity contribution in [1.82, 2.24) is 9.97 Å². The van der Waals surface area contributed by atoms with Gasteiger partial charge in [-0.3, -0.25) is 0 Å². The Morgan fingerprint density at radius 1 is 1.42 bits per heavy atom. The number of hydrogen-bond acceptors (Lipinski definition) is 4. The molecule has 0 atom stereocenters. The van der Waals surface area contributed by atoms with E-state index in [0.29, 0.717) is 11.2 Å². The van der Waals surface area contributed by atoms with Crippen molar-refractivity contribution in [2.75, 3.05) is 7.11 Å². The first-order valence-corrected chi connectivity index (χ1v) is 7.83. The highest BCUT2D eigenvalue weighted by atomic mass is 79.9. The molecule has 0 aliphatic carbocycles. The van der Waals surface area contributed by atoms with E-state index in [-0.39, 0.29) is 0 Å². The second-order valence-electron chi connectivity index (χ2n) is 3.84. The monoisotopic (exact) mass is 356 g/mol. The fraction of sp³-hybridized carbons (Fsp3) is 0.231. The molecule has 1 heterocycles. The summed E-state index contributed by atoms with van der Waals surface area (Å²) >= 11 is 10.4. The number of thioether (sulfide) groups is 1. The average Bonchev–Trinajstić information content (AvgIpc) is 2.37. The zero-order valence-electron chi connectivity index (χ0n) is 10.4. The van der Waals surface area contributed by atoms with Gasteiger partial charge in [-0.1, -0.05) is 24.4 Å². The minimum absolute atomic E-state index is 0.513. The quantitative estimate of drug-likeness (QED) is 0.638. The van der Waals surface area contributed by atoms with Gasteiger partial charge in [-0.05, 0) is 34.1 Å². The zero-order valence-corrected chi connectivity index (χ0v) is 13.6. The molecule has 100 valence electrons. The number of nitrogens with zero attached hydrogens (tertiary/aromatic N) is 1. The van der Waals surface area contributed by atoms with Gasteiger partial charge in [-0.15, -0.1) is 11.8 Å². The van der Waals surface area contributed by atoms with Crippen LogP contribution in [-0.2, 0) is 17.1 Å². The van der Waals surface area contributed by atoms with Crippen LogP contribution in [0.2, 0.25) is 0 Å². The van der Waals surface area contributed by atoms with E-state index in [4.69, 9.17) is 17.0 Å². The van der Waals surface area contributed by atoms with Crippen LogP contribution in [0.5, 0.6) is 0 Å². The SMILES string of the molecule is COCc1cc(=S)nc(CSc2ccccc2Br)[nH]1. The van der Waals surface area contributed by atoms with Crippen LogP contribution in [0.3, 0.4) is 0 Å². The van der Waals surface area contributed by atoms with E-state index in [1.807, 2.05) is 24.3 Å². The average molecular weight is 357 g/mol. The van der Waals surface area contributed by atoms with Gasteiger partial charge >= 0.3 is 0 Å². The summed E-state index contributed by atoms with van der Waals surface area (Å²) < 4.78 is 6.78. The molecule has 0 unspecified atom stereocenters. The third kappa shape index (κ3) is 4.42. The first-order chi connectivity index (χ1) is 9.19. The Balaban J connectivity index is 2.11. The normalized spacial score (nSPS) is 10.6. The summed E-state index contributed by atoms with van der Waals surface area (Å²) in [6.45, 7) is 0.513. The topological polar surface area (TPSA) is 37.9 Å². The number of halogens is 1. The number of rotatable bonds is 5. The molecule has 0 aliphatic heterocycles. The molecule has 1 N–H and O–H groups in total. The Bertz CT molecular complexity index is 616. The molecule has 0 radical (unpaired) electrons. The van der Waals surface area contributed by atoms with Gasteiger partial charge in [0.15, 0.2) is 0 Å². The van der Waals surface area contributed by atoms with E-state index in [1.54, 1.807) is 18.9 Å². The lowest BCUT2D eigenvalue weighted by atomic mass is 10.4. The second-order valence-corrected chi connectivity index (χ2v) is 6.13. The molecule has 1 aromatic carbocycles. The van der Waals surface area contributed by atoms with Crippen LogP contribution in [0.4, 0.5) is 0 Å². The van der Waals surface area contributed by atoms with E-state index in [0.717, 1.165) is 21.7 Å². The molecule has 6 heteroatoms. The summed E-state index contributed by atoms with van der Waals surface area (Å²) in [5.41, 5.74) is 0.949. The number of nitrogens with one attached hydrogen (secondary N) is 1. The van der Waals surface area contributed by atoms with Crippen LogP contribution in [-0.4, -0.2) is 17.1 Å². The highest BCUT2D eigenvalue weighted by molar-refractivity contribution is 9.10. The molecule has 0 bridgehead atoms. The Morgan fingerprint density at radius 3 is 2.95 bits per heavy atom. The standard InChI is InChI=1S/C13H13BrN2OS2/c1-17-7-9-6-13(18)16-12(15-9)8-19-11-5-3-2-4-10(11)14/h2-6H,7-8H2,1H3,(H,15,16,18). The first-order valence-electron chi connectivity index (χ1n) is 5.64. The predicted octanol–water partition coefficient (Wildman–Crippen LogP) is 4.34. The van der Waals surface area contributed by atoms with Crippen molar-refractivity contribution in [3.8, 4) is 0 Å². The molecule has 2 rings (SSSR count). The summed E-state index contributed by atoms with van der Waals surface area (Å²) in [6.07, 6.45) is 0. The Hall–Kier alpha value is -0.690. The van der Waals surface area contributed by atoms with Crippen LogP contribution in [0.15, 0.2) is 39.7 Å². The van der Waals surface area contributed by atoms with E-state index in [1.165, 1.54) is 4.90 Å². The number of aromatic amines is 1. The maximum atomic E-state index is 5.15. The lowest BCUT2D eigenvalue weighted by Gasteiger charge is -2.06. The van der Waals surface area contributed by atoms with E-state index >= 15 is 0 Å². The van der Waals surface area contributed by atoms with Crippen LogP contribution in [0.25, 0.3) is 0 Å². The van der Waals surface area contributed by atoms with Crippen LogP contribution in [0.1, 0.15) is 11.5 Å². The van der Waals surface area contributed by atoms with Gasteiger partial charge in [0.1, 0.15) is 10.5 Å². The lowest BCUT2D eigenvalue weighted by molar-refractivity contribution is 0.181. The summed E-state index contributed by atoms with van der Waals surface area (Å²) in [5.74, 6) is 1.60. The Kier molecular flexibility index (Phi) is 5.57. The molecule has 0 aliphatic rings. The van der Waals surface area contributed by atoms with Crippen molar-refractivity contribution >= 4 is 39.9 Å². The molecule has 3 nitrogen and oxygen atoms in total. The highest BCUT2D eigenvalue weighted by Crippen LogP contribution is 2.28. The molecule has 1 aromatic heterocycles. The summed E-state index contributed by atoms with van der Waals surface area (Å²) in [5, 5.41) is 0.